The maximum Gasteiger partial charge on any atom is 0.342 e. The summed E-state index contributed by atoms with van der Waals surface area (Å²) in [6.07, 6.45) is 0.579. The first-order valence-corrected chi connectivity index (χ1v) is 10.4. The lowest BCUT2D eigenvalue weighted by atomic mass is 9.94. The molecular weight excluding hydrogens is 398 g/mol. The molecule has 0 aromatic heterocycles. The van der Waals surface area contributed by atoms with E-state index < -0.39 is 11.9 Å². The number of carbonyl (C=O) groups is 3. The summed E-state index contributed by atoms with van der Waals surface area (Å²) in [7, 11) is 0. The Morgan fingerprint density at radius 2 is 1.61 bits per heavy atom. The number of carbonyl (C=O) groups excluding carboxylic acids is 3. The number of amides is 1. The summed E-state index contributed by atoms with van der Waals surface area (Å²) in [6, 6.07) is 17.7. The zero-order chi connectivity index (χ0) is 22.6. The smallest absolute Gasteiger partial charge is 0.342 e. The molecule has 0 bridgehead atoms. The third-order valence-corrected chi connectivity index (χ3v) is 4.89. The van der Waals surface area contributed by atoms with Crippen molar-refractivity contribution in [2.24, 2.45) is 5.92 Å². The standard InChI is InChI=1S/C24H29NO6/c1-3-30-24(28)17(2)15-21(25-22(26)13-14-23(27)31-29)16-18-9-11-20(12-10-18)19-7-5-4-6-8-19/h4-12,17,21,29H,3,13-16H2,1-2H3,(H,25,26)/t17-,21+/m1/s1. The second-order valence-corrected chi connectivity index (χ2v) is 7.38. The third-order valence-electron chi connectivity index (χ3n) is 4.89. The Balaban J connectivity index is 2.06. The molecule has 2 aromatic carbocycles. The van der Waals surface area contributed by atoms with Gasteiger partial charge in [0, 0.05) is 12.5 Å². The lowest BCUT2D eigenvalue weighted by Crippen LogP contribution is -2.39. The van der Waals surface area contributed by atoms with E-state index >= 15 is 0 Å². The van der Waals surface area contributed by atoms with E-state index in [1.807, 2.05) is 54.6 Å². The average Bonchev–Trinajstić information content (AvgIpc) is 2.78. The van der Waals surface area contributed by atoms with Gasteiger partial charge in [0.05, 0.1) is 18.9 Å². The van der Waals surface area contributed by atoms with Crippen molar-refractivity contribution in [2.45, 2.75) is 45.6 Å². The van der Waals surface area contributed by atoms with Crippen molar-refractivity contribution in [1.29, 1.82) is 0 Å². The minimum Gasteiger partial charge on any atom is -0.466 e. The highest BCUT2D eigenvalue weighted by Crippen LogP contribution is 2.21. The SMILES string of the molecule is CCOC(=O)[C@H](C)C[C@@H](Cc1ccc(-c2ccccc2)cc1)NC(=O)CCC(=O)OO. The van der Waals surface area contributed by atoms with Crippen molar-refractivity contribution in [3.8, 4) is 11.1 Å². The van der Waals surface area contributed by atoms with Crippen LogP contribution in [0, 0.1) is 5.92 Å². The maximum absolute atomic E-state index is 12.3. The van der Waals surface area contributed by atoms with Crippen molar-refractivity contribution >= 4 is 17.8 Å². The summed E-state index contributed by atoms with van der Waals surface area (Å²) in [6.45, 7) is 3.81. The maximum atomic E-state index is 12.3. The summed E-state index contributed by atoms with van der Waals surface area (Å²) in [4.78, 5) is 39.0. The van der Waals surface area contributed by atoms with Crippen molar-refractivity contribution < 1.29 is 29.3 Å². The third kappa shape index (κ3) is 8.22. The van der Waals surface area contributed by atoms with Gasteiger partial charge in [-0.2, -0.15) is 5.26 Å². The molecule has 0 aliphatic carbocycles. The van der Waals surface area contributed by atoms with Gasteiger partial charge >= 0.3 is 11.9 Å². The second kappa shape index (κ2) is 12.5. The Kier molecular flexibility index (Phi) is 9.71. The van der Waals surface area contributed by atoms with Gasteiger partial charge < -0.3 is 14.9 Å². The van der Waals surface area contributed by atoms with E-state index in [1.54, 1.807) is 13.8 Å². The van der Waals surface area contributed by atoms with Crippen LogP contribution in [0.5, 0.6) is 0 Å². The van der Waals surface area contributed by atoms with Crippen LogP contribution < -0.4 is 5.32 Å². The van der Waals surface area contributed by atoms with Gasteiger partial charge in [0.2, 0.25) is 5.91 Å². The molecule has 0 spiro atoms. The Morgan fingerprint density at radius 3 is 2.23 bits per heavy atom. The van der Waals surface area contributed by atoms with Crippen LogP contribution in [-0.4, -0.2) is 35.8 Å². The first-order chi connectivity index (χ1) is 14.9. The van der Waals surface area contributed by atoms with Gasteiger partial charge in [-0.05, 0) is 36.5 Å². The van der Waals surface area contributed by atoms with Crippen LogP contribution >= 0.6 is 0 Å². The van der Waals surface area contributed by atoms with E-state index in [1.165, 1.54) is 0 Å². The fraction of sp³-hybridized carbons (Fsp3) is 0.375. The van der Waals surface area contributed by atoms with Crippen LogP contribution in [0.3, 0.4) is 0 Å². The van der Waals surface area contributed by atoms with E-state index in [0.29, 0.717) is 19.4 Å². The molecule has 2 aromatic rings. The number of nitrogens with one attached hydrogen (secondary N) is 1. The van der Waals surface area contributed by atoms with Crippen molar-refractivity contribution in [2.75, 3.05) is 6.61 Å². The van der Waals surface area contributed by atoms with Crippen LogP contribution in [0.1, 0.15) is 38.7 Å². The monoisotopic (exact) mass is 427 g/mol. The molecule has 31 heavy (non-hydrogen) atoms. The van der Waals surface area contributed by atoms with E-state index in [4.69, 9.17) is 9.99 Å². The average molecular weight is 427 g/mol. The molecule has 1 amide bonds. The molecule has 0 aliphatic rings. The molecule has 0 aliphatic heterocycles. The van der Waals surface area contributed by atoms with E-state index in [9.17, 15) is 14.4 Å². The molecule has 2 atom stereocenters. The summed E-state index contributed by atoms with van der Waals surface area (Å²) in [5.74, 6) is -1.93. The van der Waals surface area contributed by atoms with E-state index in [-0.39, 0.29) is 30.8 Å². The normalized spacial score (nSPS) is 12.5. The summed E-state index contributed by atoms with van der Waals surface area (Å²) in [5.41, 5.74) is 3.22. The highest BCUT2D eigenvalue weighted by atomic mass is 17.1. The van der Waals surface area contributed by atoms with Crippen molar-refractivity contribution in [3.63, 3.8) is 0 Å². The number of hydrogen-bond acceptors (Lipinski definition) is 6. The molecular formula is C24H29NO6. The lowest BCUT2D eigenvalue weighted by Gasteiger charge is -2.22. The number of ether oxygens (including phenoxy) is 1. The molecule has 0 saturated heterocycles. The number of hydrogen-bond donors (Lipinski definition) is 2. The molecule has 2 N–H and O–H groups in total. The van der Waals surface area contributed by atoms with Crippen LogP contribution in [0.2, 0.25) is 0 Å². The van der Waals surface area contributed by atoms with Gasteiger partial charge in [0.25, 0.3) is 0 Å². The Morgan fingerprint density at radius 1 is 0.968 bits per heavy atom. The topological polar surface area (TPSA) is 102 Å². The molecule has 166 valence electrons. The molecule has 0 radical (unpaired) electrons. The largest absolute Gasteiger partial charge is 0.466 e. The summed E-state index contributed by atoms with van der Waals surface area (Å²) in [5, 5.41) is 11.2. The van der Waals surface area contributed by atoms with Gasteiger partial charge in [0.1, 0.15) is 0 Å². The highest BCUT2D eigenvalue weighted by Gasteiger charge is 2.22. The van der Waals surface area contributed by atoms with Gasteiger partial charge in [0.15, 0.2) is 0 Å². The molecule has 0 heterocycles. The van der Waals surface area contributed by atoms with Crippen LogP contribution in [0.15, 0.2) is 54.6 Å². The molecule has 7 heteroatoms. The summed E-state index contributed by atoms with van der Waals surface area (Å²) < 4.78 is 5.08. The molecule has 0 fully saturated rings. The second-order valence-electron chi connectivity index (χ2n) is 7.38. The Hall–Kier alpha value is -3.19. The van der Waals surface area contributed by atoms with Gasteiger partial charge in [-0.15, -0.1) is 0 Å². The van der Waals surface area contributed by atoms with Gasteiger partial charge in [-0.1, -0.05) is 61.5 Å². The predicted octanol–water partition coefficient (Wildman–Crippen LogP) is 3.77. The van der Waals surface area contributed by atoms with Gasteiger partial charge in [-0.3, -0.25) is 9.59 Å². The lowest BCUT2D eigenvalue weighted by molar-refractivity contribution is -0.234. The van der Waals surface area contributed by atoms with Crippen molar-refractivity contribution in [3.05, 3.63) is 60.2 Å². The molecule has 0 saturated carbocycles. The van der Waals surface area contributed by atoms with E-state index in [0.717, 1.165) is 16.7 Å². The number of esters is 1. The summed E-state index contributed by atoms with van der Waals surface area (Å²) >= 11 is 0. The zero-order valence-corrected chi connectivity index (χ0v) is 17.9. The minimum absolute atomic E-state index is 0.114. The molecule has 7 nitrogen and oxygen atoms in total. The number of rotatable bonds is 11. The first-order valence-electron chi connectivity index (χ1n) is 10.4. The Labute approximate surface area is 182 Å². The van der Waals surface area contributed by atoms with Crippen LogP contribution in [0.4, 0.5) is 0 Å². The first kappa shape index (κ1) is 24.1. The van der Waals surface area contributed by atoms with Crippen molar-refractivity contribution in [1.82, 2.24) is 5.32 Å². The zero-order valence-electron chi connectivity index (χ0n) is 17.9. The van der Waals surface area contributed by atoms with Crippen LogP contribution in [-0.2, 0) is 30.4 Å². The fourth-order valence-electron chi connectivity index (χ4n) is 3.31. The molecule has 2 rings (SSSR count). The number of benzene rings is 2. The quantitative estimate of drug-likeness (QED) is 0.322. The van der Waals surface area contributed by atoms with Crippen LogP contribution in [0.25, 0.3) is 11.1 Å². The predicted molar refractivity (Wildman–Crippen MR) is 116 cm³/mol. The van der Waals surface area contributed by atoms with E-state index in [2.05, 4.69) is 10.2 Å². The highest BCUT2D eigenvalue weighted by molar-refractivity contribution is 5.81. The fourth-order valence-corrected chi connectivity index (χ4v) is 3.31. The molecule has 0 unspecified atom stereocenters. The van der Waals surface area contributed by atoms with Gasteiger partial charge in [-0.25, -0.2) is 4.79 Å². The minimum atomic E-state index is -0.872. The Bertz CT molecular complexity index is 850.